The highest BCUT2D eigenvalue weighted by Crippen LogP contribution is 2.26. The smallest absolute Gasteiger partial charge is 0.150 e. The number of hydrogen-bond acceptors (Lipinski definition) is 4. The summed E-state index contributed by atoms with van der Waals surface area (Å²) in [5.74, 6) is 1.09. The molecule has 0 aromatic carbocycles. The van der Waals surface area contributed by atoms with E-state index in [1.165, 1.54) is 0 Å². The summed E-state index contributed by atoms with van der Waals surface area (Å²) in [6.07, 6.45) is 3.82. The average molecular weight is 291 g/mol. The van der Waals surface area contributed by atoms with E-state index in [4.69, 9.17) is 4.74 Å². The second kappa shape index (κ2) is 7.04. The van der Waals surface area contributed by atoms with Crippen LogP contribution in [0.15, 0.2) is 0 Å². The summed E-state index contributed by atoms with van der Waals surface area (Å²) in [5.41, 5.74) is -0.102. The van der Waals surface area contributed by atoms with Gasteiger partial charge in [0.15, 0.2) is 9.84 Å². The van der Waals surface area contributed by atoms with Crippen LogP contribution in [-0.4, -0.2) is 45.2 Å². The molecule has 114 valence electrons. The van der Waals surface area contributed by atoms with Crippen molar-refractivity contribution in [1.29, 1.82) is 0 Å². The maximum atomic E-state index is 11.5. The van der Waals surface area contributed by atoms with Crippen LogP contribution in [0.1, 0.15) is 46.5 Å². The first kappa shape index (κ1) is 16.9. The number of rotatable bonds is 8. The minimum Gasteiger partial charge on any atom is -0.379 e. The summed E-state index contributed by atoms with van der Waals surface area (Å²) in [6.45, 7) is 7.21. The zero-order valence-corrected chi connectivity index (χ0v) is 13.6. The Morgan fingerprint density at radius 3 is 2.58 bits per heavy atom. The zero-order chi connectivity index (χ0) is 14.5. The Morgan fingerprint density at radius 2 is 2.11 bits per heavy atom. The first-order valence-electron chi connectivity index (χ1n) is 7.27. The van der Waals surface area contributed by atoms with Crippen LogP contribution in [0.5, 0.6) is 0 Å². The van der Waals surface area contributed by atoms with E-state index in [1.807, 2.05) is 0 Å². The monoisotopic (exact) mass is 291 g/mol. The molecule has 0 bridgehead atoms. The first-order valence-corrected chi connectivity index (χ1v) is 9.09. The number of hydrogen-bond donors (Lipinski definition) is 1. The standard InChI is InChI=1S/C14H29NO3S/c1-5-15-13(6-8-14(2,3)18-4)10-12-7-9-19(16,17)11-12/h12-13,15H,5-11H2,1-4H3. The topological polar surface area (TPSA) is 55.4 Å². The third-order valence-electron chi connectivity index (χ3n) is 4.08. The van der Waals surface area contributed by atoms with Gasteiger partial charge in [0, 0.05) is 13.2 Å². The van der Waals surface area contributed by atoms with E-state index in [9.17, 15) is 8.42 Å². The summed E-state index contributed by atoms with van der Waals surface area (Å²) < 4.78 is 28.5. The largest absolute Gasteiger partial charge is 0.379 e. The van der Waals surface area contributed by atoms with Crippen LogP contribution in [0.25, 0.3) is 0 Å². The summed E-state index contributed by atoms with van der Waals surface area (Å²) in [7, 11) is -1.01. The molecule has 1 aliphatic heterocycles. The lowest BCUT2D eigenvalue weighted by molar-refractivity contribution is 0.0112. The number of methoxy groups -OCH3 is 1. The Labute approximate surface area is 118 Å². The van der Waals surface area contributed by atoms with Gasteiger partial charge in [0.25, 0.3) is 0 Å². The van der Waals surface area contributed by atoms with Crippen molar-refractivity contribution >= 4 is 9.84 Å². The van der Waals surface area contributed by atoms with Crippen molar-refractivity contribution in [3.05, 3.63) is 0 Å². The molecule has 0 spiro atoms. The van der Waals surface area contributed by atoms with Gasteiger partial charge in [0.2, 0.25) is 0 Å². The maximum absolute atomic E-state index is 11.5. The van der Waals surface area contributed by atoms with Gasteiger partial charge in [-0.25, -0.2) is 8.42 Å². The second-order valence-electron chi connectivity index (χ2n) is 6.26. The second-order valence-corrected chi connectivity index (χ2v) is 8.49. The van der Waals surface area contributed by atoms with E-state index in [0.717, 1.165) is 32.2 Å². The van der Waals surface area contributed by atoms with Crippen LogP contribution in [0.3, 0.4) is 0 Å². The predicted molar refractivity (Wildman–Crippen MR) is 79.2 cm³/mol. The van der Waals surface area contributed by atoms with Crippen LogP contribution in [-0.2, 0) is 14.6 Å². The molecular formula is C14H29NO3S. The highest BCUT2D eigenvalue weighted by atomic mass is 32.2. The highest BCUT2D eigenvalue weighted by molar-refractivity contribution is 7.91. The van der Waals surface area contributed by atoms with E-state index in [1.54, 1.807) is 7.11 Å². The Hall–Kier alpha value is -0.130. The molecule has 5 heteroatoms. The van der Waals surface area contributed by atoms with Gasteiger partial charge in [-0.2, -0.15) is 0 Å². The molecule has 1 N–H and O–H groups in total. The van der Waals surface area contributed by atoms with Gasteiger partial charge < -0.3 is 10.1 Å². The van der Waals surface area contributed by atoms with Crippen LogP contribution in [0.2, 0.25) is 0 Å². The minimum absolute atomic E-state index is 0.102. The minimum atomic E-state index is -2.76. The average Bonchev–Trinajstić information content (AvgIpc) is 2.66. The van der Waals surface area contributed by atoms with Crippen LogP contribution in [0, 0.1) is 5.92 Å². The molecule has 4 nitrogen and oxygen atoms in total. The molecule has 1 fully saturated rings. The molecule has 1 rings (SSSR count). The molecule has 0 aromatic heterocycles. The van der Waals surface area contributed by atoms with Gasteiger partial charge in [-0.15, -0.1) is 0 Å². The molecule has 0 aliphatic carbocycles. The third-order valence-corrected chi connectivity index (χ3v) is 5.92. The fraction of sp³-hybridized carbons (Fsp3) is 1.00. The molecule has 19 heavy (non-hydrogen) atoms. The highest BCUT2D eigenvalue weighted by Gasteiger charge is 2.30. The fourth-order valence-corrected chi connectivity index (χ4v) is 4.56. The summed E-state index contributed by atoms with van der Waals surface area (Å²) in [6, 6.07) is 0.401. The summed E-state index contributed by atoms with van der Waals surface area (Å²) >= 11 is 0. The maximum Gasteiger partial charge on any atom is 0.150 e. The lowest BCUT2D eigenvalue weighted by Gasteiger charge is -2.27. The van der Waals surface area contributed by atoms with Crippen molar-refractivity contribution in [3.63, 3.8) is 0 Å². The van der Waals surface area contributed by atoms with E-state index in [-0.39, 0.29) is 5.60 Å². The van der Waals surface area contributed by atoms with Crippen molar-refractivity contribution in [2.75, 3.05) is 25.2 Å². The molecule has 0 aromatic rings. The first-order chi connectivity index (χ1) is 8.78. The van der Waals surface area contributed by atoms with E-state index in [2.05, 4.69) is 26.1 Å². The van der Waals surface area contributed by atoms with Crippen LogP contribution < -0.4 is 5.32 Å². The van der Waals surface area contributed by atoms with Crippen molar-refractivity contribution < 1.29 is 13.2 Å². The molecule has 2 atom stereocenters. The number of nitrogens with one attached hydrogen (secondary N) is 1. The van der Waals surface area contributed by atoms with Crippen molar-refractivity contribution in [1.82, 2.24) is 5.32 Å². The van der Waals surface area contributed by atoms with E-state index < -0.39 is 9.84 Å². The van der Waals surface area contributed by atoms with Gasteiger partial charge in [-0.3, -0.25) is 0 Å². The van der Waals surface area contributed by atoms with E-state index in [0.29, 0.717) is 23.5 Å². The van der Waals surface area contributed by atoms with Crippen molar-refractivity contribution in [2.45, 2.75) is 58.1 Å². The molecule has 0 amide bonds. The molecule has 2 unspecified atom stereocenters. The Morgan fingerprint density at radius 1 is 1.42 bits per heavy atom. The van der Waals surface area contributed by atoms with E-state index >= 15 is 0 Å². The summed E-state index contributed by atoms with van der Waals surface area (Å²) in [5, 5.41) is 3.48. The third kappa shape index (κ3) is 6.23. The molecule has 1 saturated heterocycles. The van der Waals surface area contributed by atoms with Crippen molar-refractivity contribution in [2.24, 2.45) is 5.92 Å². The van der Waals surface area contributed by atoms with Gasteiger partial charge in [0.05, 0.1) is 17.1 Å². The molecular weight excluding hydrogens is 262 g/mol. The van der Waals surface area contributed by atoms with Gasteiger partial charge in [-0.05, 0) is 52.0 Å². The Bertz CT molecular complexity index is 365. The van der Waals surface area contributed by atoms with Crippen LogP contribution in [0.4, 0.5) is 0 Å². The lowest BCUT2D eigenvalue weighted by atomic mass is 9.92. The summed E-state index contributed by atoms with van der Waals surface area (Å²) in [4.78, 5) is 0. The molecule has 0 radical (unpaired) electrons. The van der Waals surface area contributed by atoms with Crippen LogP contribution >= 0.6 is 0 Å². The Balaban J connectivity index is 2.45. The predicted octanol–water partition coefficient (Wildman–Crippen LogP) is 1.99. The normalized spacial score (nSPS) is 24.5. The SMILES string of the molecule is CCNC(CCC(C)(C)OC)CC1CCS(=O)(=O)C1. The van der Waals surface area contributed by atoms with Gasteiger partial charge in [-0.1, -0.05) is 6.92 Å². The van der Waals surface area contributed by atoms with Gasteiger partial charge >= 0.3 is 0 Å². The fourth-order valence-electron chi connectivity index (χ4n) is 2.68. The van der Waals surface area contributed by atoms with Crippen molar-refractivity contribution in [3.8, 4) is 0 Å². The zero-order valence-electron chi connectivity index (χ0n) is 12.7. The molecule has 1 heterocycles. The lowest BCUT2D eigenvalue weighted by Crippen LogP contribution is -2.34. The van der Waals surface area contributed by atoms with Gasteiger partial charge in [0.1, 0.15) is 0 Å². The number of ether oxygens (including phenoxy) is 1. The molecule has 1 aliphatic rings. The molecule has 0 saturated carbocycles. The quantitative estimate of drug-likeness (QED) is 0.743. The Kier molecular flexibility index (Phi) is 6.27. The number of sulfone groups is 1.